The van der Waals surface area contributed by atoms with Crippen molar-refractivity contribution < 1.29 is 4.39 Å². The second-order valence-electron chi connectivity index (χ2n) is 7.62. The van der Waals surface area contributed by atoms with Crippen molar-refractivity contribution in [2.75, 3.05) is 23.3 Å². The number of rotatable bonds is 3. The number of halogens is 1. The standard InChI is InChI=1S/C21H23FN6/c22-14-5-6-19-17(11-14)20(25-12-23-19)27-15-7-9-28(10-8-15)21-16-3-1-2-4-18(16)24-13-26-21/h5-6,11-13,15H,1-4,7-10H2,(H,23,25,27). The van der Waals surface area contributed by atoms with E-state index in [-0.39, 0.29) is 5.82 Å². The van der Waals surface area contributed by atoms with Crippen molar-refractivity contribution in [1.82, 2.24) is 19.9 Å². The van der Waals surface area contributed by atoms with Crippen LogP contribution in [0.4, 0.5) is 16.0 Å². The number of nitrogens with one attached hydrogen (secondary N) is 1. The minimum absolute atomic E-state index is 0.270. The van der Waals surface area contributed by atoms with E-state index in [1.165, 1.54) is 42.6 Å². The van der Waals surface area contributed by atoms with Gasteiger partial charge in [-0.05, 0) is 56.7 Å². The summed E-state index contributed by atoms with van der Waals surface area (Å²) in [7, 11) is 0. The van der Waals surface area contributed by atoms with Crippen LogP contribution in [0.5, 0.6) is 0 Å². The van der Waals surface area contributed by atoms with Crippen LogP contribution >= 0.6 is 0 Å². The summed E-state index contributed by atoms with van der Waals surface area (Å²) in [6.45, 7) is 1.89. The normalized spacial score (nSPS) is 17.5. The van der Waals surface area contributed by atoms with Gasteiger partial charge in [0.25, 0.3) is 0 Å². The number of hydrogen-bond acceptors (Lipinski definition) is 6. The van der Waals surface area contributed by atoms with E-state index in [2.05, 4.69) is 30.2 Å². The van der Waals surface area contributed by atoms with Crippen molar-refractivity contribution in [2.45, 2.75) is 44.6 Å². The quantitative estimate of drug-likeness (QED) is 0.752. The lowest BCUT2D eigenvalue weighted by Gasteiger charge is -2.35. The molecule has 144 valence electrons. The van der Waals surface area contributed by atoms with E-state index < -0.39 is 0 Å². The van der Waals surface area contributed by atoms with Gasteiger partial charge in [0.2, 0.25) is 0 Å². The van der Waals surface area contributed by atoms with Gasteiger partial charge in [-0.1, -0.05) is 0 Å². The number of anilines is 2. The molecule has 1 fully saturated rings. The van der Waals surface area contributed by atoms with Crippen molar-refractivity contribution in [2.24, 2.45) is 0 Å². The Balaban J connectivity index is 1.30. The van der Waals surface area contributed by atoms with Crippen LogP contribution in [-0.4, -0.2) is 39.1 Å². The molecule has 2 aliphatic rings. The Bertz CT molecular complexity index is 999. The molecule has 0 unspecified atom stereocenters. The zero-order valence-corrected chi connectivity index (χ0v) is 15.7. The molecule has 0 amide bonds. The Hall–Kier alpha value is -2.83. The van der Waals surface area contributed by atoms with Crippen molar-refractivity contribution >= 4 is 22.5 Å². The summed E-state index contributed by atoms with van der Waals surface area (Å²) >= 11 is 0. The molecule has 6 nitrogen and oxygen atoms in total. The number of hydrogen-bond donors (Lipinski definition) is 1. The van der Waals surface area contributed by atoms with Gasteiger partial charge in [-0.15, -0.1) is 0 Å². The number of fused-ring (bicyclic) bond motifs is 2. The maximum Gasteiger partial charge on any atom is 0.137 e. The minimum Gasteiger partial charge on any atom is -0.367 e. The second kappa shape index (κ2) is 7.30. The lowest BCUT2D eigenvalue weighted by molar-refractivity contribution is 0.519. The number of aromatic nitrogens is 4. The molecule has 3 heterocycles. The van der Waals surface area contributed by atoms with Crippen LogP contribution in [0.15, 0.2) is 30.9 Å². The fourth-order valence-electron chi connectivity index (χ4n) is 4.35. The molecule has 5 rings (SSSR count). The largest absolute Gasteiger partial charge is 0.367 e. The van der Waals surface area contributed by atoms with Gasteiger partial charge in [0, 0.05) is 35.8 Å². The first-order chi connectivity index (χ1) is 13.8. The summed E-state index contributed by atoms with van der Waals surface area (Å²) in [5, 5.41) is 4.24. The Morgan fingerprint density at radius 2 is 1.79 bits per heavy atom. The number of nitrogens with zero attached hydrogens (tertiary/aromatic N) is 5. The van der Waals surface area contributed by atoms with E-state index in [1.54, 1.807) is 12.4 Å². The van der Waals surface area contributed by atoms with Gasteiger partial charge in [-0.3, -0.25) is 0 Å². The third-order valence-electron chi connectivity index (χ3n) is 5.83. The van der Waals surface area contributed by atoms with Crippen LogP contribution in [0, 0.1) is 5.82 Å². The van der Waals surface area contributed by atoms with Gasteiger partial charge in [-0.2, -0.15) is 0 Å². The molecule has 28 heavy (non-hydrogen) atoms. The SMILES string of the molecule is Fc1ccc2ncnc(NC3CCN(c4ncnc5c4CCCC5)CC3)c2c1. The summed E-state index contributed by atoms with van der Waals surface area (Å²) in [6.07, 6.45) is 9.82. The highest BCUT2D eigenvalue weighted by Gasteiger charge is 2.25. The van der Waals surface area contributed by atoms with Crippen LogP contribution < -0.4 is 10.2 Å². The van der Waals surface area contributed by atoms with E-state index in [4.69, 9.17) is 0 Å². The van der Waals surface area contributed by atoms with Gasteiger partial charge in [-0.25, -0.2) is 24.3 Å². The van der Waals surface area contributed by atoms with Gasteiger partial charge in [0.05, 0.1) is 5.52 Å². The lowest BCUT2D eigenvalue weighted by Crippen LogP contribution is -2.40. The predicted octanol–water partition coefficient (Wildman–Crippen LogP) is 3.52. The first-order valence-electron chi connectivity index (χ1n) is 10.0. The molecule has 3 aromatic rings. The average molecular weight is 378 g/mol. The number of piperidine rings is 1. The zero-order valence-electron chi connectivity index (χ0n) is 15.7. The van der Waals surface area contributed by atoms with E-state index in [1.807, 2.05) is 0 Å². The first kappa shape index (κ1) is 17.3. The topological polar surface area (TPSA) is 66.8 Å². The molecule has 1 saturated heterocycles. The van der Waals surface area contributed by atoms with E-state index in [0.717, 1.165) is 55.5 Å². The molecule has 1 aliphatic heterocycles. The van der Waals surface area contributed by atoms with Crippen LogP contribution in [-0.2, 0) is 12.8 Å². The Morgan fingerprint density at radius 1 is 0.964 bits per heavy atom. The van der Waals surface area contributed by atoms with E-state index in [9.17, 15) is 4.39 Å². The molecule has 0 spiro atoms. The molecule has 0 saturated carbocycles. The summed E-state index contributed by atoms with van der Waals surface area (Å²) in [5.41, 5.74) is 3.33. The van der Waals surface area contributed by atoms with E-state index >= 15 is 0 Å². The molecular weight excluding hydrogens is 355 g/mol. The molecular formula is C21H23FN6. The van der Waals surface area contributed by atoms with E-state index in [0.29, 0.717) is 11.9 Å². The van der Waals surface area contributed by atoms with Crippen LogP contribution in [0.3, 0.4) is 0 Å². The summed E-state index contributed by atoms with van der Waals surface area (Å²) in [6, 6.07) is 4.92. The maximum atomic E-state index is 13.7. The van der Waals surface area contributed by atoms with Crippen molar-refractivity contribution in [3.63, 3.8) is 0 Å². The monoisotopic (exact) mass is 378 g/mol. The maximum absolute atomic E-state index is 13.7. The van der Waals surface area contributed by atoms with Crippen molar-refractivity contribution in [3.05, 3.63) is 47.9 Å². The fourth-order valence-corrected chi connectivity index (χ4v) is 4.35. The number of aryl methyl sites for hydroxylation is 1. The zero-order chi connectivity index (χ0) is 18.9. The van der Waals surface area contributed by atoms with Crippen LogP contribution in [0.1, 0.15) is 36.9 Å². The molecule has 2 aromatic heterocycles. The lowest BCUT2D eigenvalue weighted by atomic mass is 9.95. The smallest absolute Gasteiger partial charge is 0.137 e. The Kier molecular flexibility index (Phi) is 4.50. The summed E-state index contributed by atoms with van der Waals surface area (Å²) < 4.78 is 13.7. The minimum atomic E-state index is -0.270. The highest BCUT2D eigenvalue weighted by atomic mass is 19.1. The van der Waals surface area contributed by atoms with Gasteiger partial charge in [0.1, 0.15) is 30.1 Å². The predicted molar refractivity (Wildman–Crippen MR) is 107 cm³/mol. The highest BCUT2D eigenvalue weighted by molar-refractivity contribution is 5.88. The van der Waals surface area contributed by atoms with Crippen molar-refractivity contribution in [1.29, 1.82) is 0 Å². The molecule has 0 radical (unpaired) electrons. The van der Waals surface area contributed by atoms with Gasteiger partial charge >= 0.3 is 0 Å². The summed E-state index contributed by atoms with van der Waals surface area (Å²) in [5.74, 6) is 1.56. The Labute approximate surface area is 163 Å². The fraction of sp³-hybridized carbons (Fsp3) is 0.429. The molecule has 1 aromatic carbocycles. The number of benzene rings is 1. The van der Waals surface area contributed by atoms with Crippen molar-refractivity contribution in [3.8, 4) is 0 Å². The first-order valence-corrected chi connectivity index (χ1v) is 10.0. The third-order valence-corrected chi connectivity index (χ3v) is 5.83. The Morgan fingerprint density at radius 3 is 2.68 bits per heavy atom. The van der Waals surface area contributed by atoms with Gasteiger partial charge < -0.3 is 10.2 Å². The van der Waals surface area contributed by atoms with Gasteiger partial charge in [0.15, 0.2) is 0 Å². The average Bonchev–Trinajstić information content (AvgIpc) is 2.74. The van der Waals surface area contributed by atoms with Crippen LogP contribution in [0.2, 0.25) is 0 Å². The third kappa shape index (κ3) is 3.25. The molecule has 0 atom stereocenters. The summed E-state index contributed by atoms with van der Waals surface area (Å²) in [4.78, 5) is 20.1. The molecule has 0 bridgehead atoms. The highest BCUT2D eigenvalue weighted by Crippen LogP contribution is 2.30. The van der Waals surface area contributed by atoms with Crippen LogP contribution in [0.25, 0.3) is 10.9 Å². The molecule has 7 heteroatoms. The molecule has 1 aliphatic carbocycles. The molecule has 1 N–H and O–H groups in total. The second-order valence-corrected chi connectivity index (χ2v) is 7.62.